The van der Waals surface area contributed by atoms with Gasteiger partial charge < -0.3 is 20.3 Å². The van der Waals surface area contributed by atoms with Crippen molar-refractivity contribution in [3.05, 3.63) is 35.9 Å². The molecule has 3 amide bonds. The van der Waals surface area contributed by atoms with Crippen LogP contribution in [-0.4, -0.2) is 47.5 Å². The summed E-state index contributed by atoms with van der Waals surface area (Å²) in [5.41, 5.74) is 0.0331. The lowest BCUT2D eigenvalue weighted by Gasteiger charge is -2.34. The lowest BCUT2D eigenvalue weighted by atomic mass is 9.96. The zero-order chi connectivity index (χ0) is 24.5. The molecule has 0 aromatic heterocycles. The van der Waals surface area contributed by atoms with Crippen LogP contribution in [0.1, 0.15) is 79.3 Å². The second-order valence-corrected chi connectivity index (χ2v) is 9.47. The average Bonchev–Trinajstić information content (AvgIpc) is 2.70. The summed E-state index contributed by atoms with van der Waals surface area (Å²) in [5.74, 6) is -0.721. The summed E-state index contributed by atoms with van der Waals surface area (Å²) in [5, 5.41) is 5.75. The minimum absolute atomic E-state index is 0.00698. The molecular formula is C25H41N3O4. The summed E-state index contributed by atoms with van der Waals surface area (Å²) in [6.45, 7) is 13.2. The molecule has 0 saturated carbocycles. The predicted octanol–water partition coefficient (Wildman–Crippen LogP) is 4.43. The van der Waals surface area contributed by atoms with Crippen LogP contribution in [0, 0.1) is 5.92 Å². The van der Waals surface area contributed by atoms with Crippen molar-refractivity contribution in [3.8, 4) is 0 Å². The molecule has 0 aliphatic heterocycles. The summed E-state index contributed by atoms with van der Waals surface area (Å²) in [7, 11) is 1.61. The molecule has 1 aromatic rings. The van der Waals surface area contributed by atoms with Gasteiger partial charge in [-0.2, -0.15) is 0 Å². The molecule has 0 bridgehead atoms. The number of ether oxygens (including phenoxy) is 1. The predicted molar refractivity (Wildman–Crippen MR) is 127 cm³/mol. The van der Waals surface area contributed by atoms with E-state index in [9.17, 15) is 14.4 Å². The van der Waals surface area contributed by atoms with Crippen LogP contribution in [0.2, 0.25) is 0 Å². The summed E-state index contributed by atoms with van der Waals surface area (Å²) in [6.07, 6.45) is 1.82. The Hall–Kier alpha value is -2.57. The van der Waals surface area contributed by atoms with Gasteiger partial charge in [0.2, 0.25) is 11.8 Å². The second kappa shape index (κ2) is 12.5. The molecule has 4 unspecified atom stereocenters. The Morgan fingerprint density at radius 1 is 1.03 bits per heavy atom. The normalized spacial score (nSPS) is 15.1. The van der Waals surface area contributed by atoms with E-state index in [-0.39, 0.29) is 23.8 Å². The number of rotatable bonds is 10. The fourth-order valence-corrected chi connectivity index (χ4v) is 3.48. The van der Waals surface area contributed by atoms with E-state index in [1.54, 1.807) is 27.8 Å². The van der Waals surface area contributed by atoms with Gasteiger partial charge in [0, 0.05) is 13.1 Å². The molecule has 4 atom stereocenters. The van der Waals surface area contributed by atoms with Gasteiger partial charge in [0.1, 0.15) is 17.7 Å². The largest absolute Gasteiger partial charge is 0.444 e. The van der Waals surface area contributed by atoms with Crippen molar-refractivity contribution < 1.29 is 19.1 Å². The minimum atomic E-state index is -0.813. The van der Waals surface area contributed by atoms with Crippen molar-refractivity contribution in [1.82, 2.24) is 15.5 Å². The highest BCUT2D eigenvalue weighted by Crippen LogP contribution is 2.23. The third-order valence-corrected chi connectivity index (χ3v) is 5.36. The number of nitrogens with zero attached hydrogens (tertiary/aromatic N) is 1. The van der Waals surface area contributed by atoms with Crippen LogP contribution < -0.4 is 10.6 Å². The monoisotopic (exact) mass is 447 g/mol. The van der Waals surface area contributed by atoms with E-state index in [1.165, 1.54) is 4.90 Å². The van der Waals surface area contributed by atoms with Crippen molar-refractivity contribution in [3.63, 3.8) is 0 Å². The molecule has 32 heavy (non-hydrogen) atoms. The number of carbonyl (C=O) groups is 3. The second-order valence-electron chi connectivity index (χ2n) is 9.47. The van der Waals surface area contributed by atoms with E-state index in [4.69, 9.17) is 4.74 Å². The zero-order valence-electron chi connectivity index (χ0n) is 20.9. The Morgan fingerprint density at radius 3 is 2.12 bits per heavy atom. The maximum Gasteiger partial charge on any atom is 0.408 e. The molecule has 0 fully saturated rings. The van der Waals surface area contributed by atoms with Crippen molar-refractivity contribution in [2.45, 2.75) is 91.5 Å². The lowest BCUT2D eigenvalue weighted by molar-refractivity contribution is -0.142. The van der Waals surface area contributed by atoms with Gasteiger partial charge >= 0.3 is 6.09 Å². The average molecular weight is 448 g/mol. The Balaban J connectivity index is 3.20. The first kappa shape index (κ1) is 27.5. The minimum Gasteiger partial charge on any atom is -0.444 e. The Morgan fingerprint density at radius 2 is 1.62 bits per heavy atom. The molecule has 1 rings (SSSR count). The summed E-state index contributed by atoms with van der Waals surface area (Å²) >= 11 is 0. The molecule has 0 spiro atoms. The van der Waals surface area contributed by atoms with E-state index in [0.29, 0.717) is 12.0 Å². The van der Waals surface area contributed by atoms with Crippen molar-refractivity contribution in [1.29, 1.82) is 0 Å². The van der Waals surface area contributed by atoms with Crippen LogP contribution in [-0.2, 0) is 14.3 Å². The highest BCUT2D eigenvalue weighted by atomic mass is 16.6. The SMILES string of the molecule is CCCC(C)NC(=O)C(c1ccccc1)N(C)C(=O)C(NC(=O)OC(C)(C)C)C(C)CC. The van der Waals surface area contributed by atoms with E-state index in [0.717, 1.165) is 12.8 Å². The first-order valence-electron chi connectivity index (χ1n) is 11.5. The molecule has 0 aliphatic carbocycles. The topological polar surface area (TPSA) is 87.7 Å². The van der Waals surface area contributed by atoms with E-state index in [1.807, 2.05) is 51.1 Å². The van der Waals surface area contributed by atoms with E-state index < -0.39 is 23.8 Å². The molecule has 7 heteroatoms. The number of alkyl carbamates (subject to hydrolysis) is 1. The van der Waals surface area contributed by atoms with Crippen molar-refractivity contribution in [2.24, 2.45) is 5.92 Å². The van der Waals surface area contributed by atoms with Gasteiger partial charge in [-0.1, -0.05) is 63.9 Å². The maximum atomic E-state index is 13.6. The van der Waals surface area contributed by atoms with Gasteiger partial charge in [-0.3, -0.25) is 9.59 Å². The Labute approximate surface area is 193 Å². The third kappa shape index (κ3) is 8.52. The fourth-order valence-electron chi connectivity index (χ4n) is 3.48. The van der Waals surface area contributed by atoms with Crippen LogP contribution in [0.3, 0.4) is 0 Å². The highest BCUT2D eigenvalue weighted by Gasteiger charge is 2.36. The molecule has 0 heterocycles. The molecule has 7 nitrogen and oxygen atoms in total. The quantitative estimate of drug-likeness (QED) is 0.555. The number of nitrogens with one attached hydrogen (secondary N) is 2. The van der Waals surface area contributed by atoms with Crippen LogP contribution in [0.4, 0.5) is 4.79 Å². The molecule has 0 radical (unpaired) electrons. The molecular weight excluding hydrogens is 406 g/mol. The van der Waals surface area contributed by atoms with Crippen LogP contribution >= 0.6 is 0 Å². The number of benzene rings is 1. The molecule has 1 aromatic carbocycles. The highest BCUT2D eigenvalue weighted by molar-refractivity contribution is 5.92. The summed E-state index contributed by atoms with van der Waals surface area (Å²) in [4.78, 5) is 40.6. The van der Waals surface area contributed by atoms with Gasteiger partial charge in [0.15, 0.2) is 0 Å². The van der Waals surface area contributed by atoms with Gasteiger partial charge in [-0.15, -0.1) is 0 Å². The van der Waals surface area contributed by atoms with Crippen molar-refractivity contribution in [2.75, 3.05) is 7.05 Å². The fraction of sp³-hybridized carbons (Fsp3) is 0.640. The smallest absolute Gasteiger partial charge is 0.408 e. The number of hydrogen-bond acceptors (Lipinski definition) is 4. The Kier molecular flexibility index (Phi) is 10.7. The van der Waals surface area contributed by atoms with Crippen LogP contribution in [0.25, 0.3) is 0 Å². The molecule has 0 aliphatic rings. The van der Waals surface area contributed by atoms with Gasteiger partial charge in [0.25, 0.3) is 0 Å². The number of amides is 3. The molecule has 0 saturated heterocycles. The number of carbonyl (C=O) groups excluding carboxylic acids is 3. The number of likely N-dealkylation sites (N-methyl/N-ethyl adjacent to an activating group) is 1. The van der Waals surface area contributed by atoms with E-state index in [2.05, 4.69) is 17.6 Å². The first-order chi connectivity index (χ1) is 14.9. The van der Waals surface area contributed by atoms with Crippen LogP contribution in [0.5, 0.6) is 0 Å². The summed E-state index contributed by atoms with van der Waals surface area (Å²) in [6, 6.07) is 7.58. The van der Waals surface area contributed by atoms with Gasteiger partial charge in [0.05, 0.1) is 0 Å². The third-order valence-electron chi connectivity index (χ3n) is 5.36. The van der Waals surface area contributed by atoms with Crippen LogP contribution in [0.15, 0.2) is 30.3 Å². The molecule has 180 valence electrons. The maximum absolute atomic E-state index is 13.6. The standard InChI is InChI=1S/C25H41N3O4/c1-9-14-18(4)26-22(29)21(19-15-12-11-13-16-19)28(8)23(30)20(17(3)10-2)27-24(31)32-25(5,6)7/h11-13,15-18,20-21H,9-10,14H2,1-8H3,(H,26,29)(H,27,31). The number of hydrogen-bond donors (Lipinski definition) is 2. The van der Waals surface area contributed by atoms with Crippen molar-refractivity contribution >= 4 is 17.9 Å². The van der Waals surface area contributed by atoms with Gasteiger partial charge in [-0.25, -0.2) is 4.79 Å². The Bertz CT molecular complexity index is 745. The summed E-state index contributed by atoms with van der Waals surface area (Å²) < 4.78 is 5.36. The zero-order valence-corrected chi connectivity index (χ0v) is 20.9. The lowest BCUT2D eigenvalue weighted by Crippen LogP contribution is -2.54. The van der Waals surface area contributed by atoms with Gasteiger partial charge in [-0.05, 0) is 45.6 Å². The van der Waals surface area contributed by atoms with E-state index >= 15 is 0 Å². The first-order valence-corrected chi connectivity index (χ1v) is 11.5. The molecule has 2 N–H and O–H groups in total.